The van der Waals surface area contributed by atoms with E-state index in [0.717, 1.165) is 27.6 Å². The first-order valence-corrected chi connectivity index (χ1v) is 6.79. The maximum atomic E-state index is 10.9. The first-order chi connectivity index (χ1) is 10.1. The van der Waals surface area contributed by atoms with Gasteiger partial charge in [0, 0.05) is 23.5 Å². The first kappa shape index (κ1) is 13.4. The second-order valence-corrected chi connectivity index (χ2v) is 5.09. The van der Waals surface area contributed by atoms with E-state index in [9.17, 15) is 4.79 Å². The minimum absolute atomic E-state index is 0.313. The number of hydrogen-bond acceptors (Lipinski definition) is 2. The van der Waals surface area contributed by atoms with E-state index in [1.54, 1.807) is 0 Å². The van der Waals surface area contributed by atoms with Gasteiger partial charge in [-0.3, -0.25) is 4.79 Å². The number of carboxylic acid groups (broad SMARTS) is 1. The lowest BCUT2D eigenvalue weighted by Crippen LogP contribution is -2.32. The molecule has 4 N–H and O–H groups in total. The Balaban J connectivity index is 2.02. The van der Waals surface area contributed by atoms with Gasteiger partial charge in [-0.15, -0.1) is 0 Å². The van der Waals surface area contributed by atoms with E-state index in [4.69, 9.17) is 10.8 Å². The third kappa shape index (κ3) is 2.66. The molecule has 3 aromatic rings. The highest BCUT2D eigenvalue weighted by molar-refractivity contribution is 5.88. The van der Waals surface area contributed by atoms with Crippen molar-refractivity contribution in [3.8, 4) is 11.1 Å². The van der Waals surface area contributed by atoms with Crippen LogP contribution < -0.4 is 5.73 Å². The van der Waals surface area contributed by atoms with Gasteiger partial charge in [-0.25, -0.2) is 0 Å². The number of aromatic nitrogens is 1. The van der Waals surface area contributed by atoms with Crippen LogP contribution in [0.5, 0.6) is 0 Å². The minimum atomic E-state index is -0.983. The summed E-state index contributed by atoms with van der Waals surface area (Å²) in [6.45, 7) is 0. The Morgan fingerprint density at radius 2 is 1.90 bits per heavy atom. The Morgan fingerprint density at radius 3 is 2.62 bits per heavy atom. The average molecular weight is 280 g/mol. The molecule has 0 aliphatic carbocycles. The van der Waals surface area contributed by atoms with Crippen molar-refractivity contribution in [3.05, 3.63) is 60.3 Å². The summed E-state index contributed by atoms with van der Waals surface area (Å²) < 4.78 is 0. The van der Waals surface area contributed by atoms with Crippen molar-refractivity contribution in [2.45, 2.75) is 12.5 Å². The smallest absolute Gasteiger partial charge is 0.320 e. The van der Waals surface area contributed by atoms with Crippen LogP contribution in [-0.2, 0) is 11.2 Å². The Hall–Kier alpha value is -2.59. The molecular formula is C17H16N2O2. The van der Waals surface area contributed by atoms with Crippen LogP contribution in [0, 0.1) is 0 Å². The van der Waals surface area contributed by atoms with Crippen molar-refractivity contribution in [2.75, 3.05) is 0 Å². The lowest BCUT2D eigenvalue weighted by molar-refractivity contribution is -0.138. The molecular weight excluding hydrogens is 264 g/mol. The monoisotopic (exact) mass is 280 g/mol. The number of aromatic amines is 1. The van der Waals surface area contributed by atoms with E-state index in [2.05, 4.69) is 29.2 Å². The summed E-state index contributed by atoms with van der Waals surface area (Å²) >= 11 is 0. The van der Waals surface area contributed by atoms with E-state index < -0.39 is 12.0 Å². The zero-order valence-electron chi connectivity index (χ0n) is 11.4. The number of nitrogens with one attached hydrogen (secondary N) is 1. The largest absolute Gasteiger partial charge is 0.480 e. The Morgan fingerprint density at radius 1 is 1.14 bits per heavy atom. The van der Waals surface area contributed by atoms with Crippen LogP contribution >= 0.6 is 0 Å². The second-order valence-electron chi connectivity index (χ2n) is 5.09. The van der Waals surface area contributed by atoms with Crippen LogP contribution in [-0.4, -0.2) is 22.1 Å². The summed E-state index contributed by atoms with van der Waals surface area (Å²) in [4.78, 5) is 14.1. The van der Waals surface area contributed by atoms with E-state index in [1.165, 1.54) is 0 Å². The minimum Gasteiger partial charge on any atom is -0.480 e. The van der Waals surface area contributed by atoms with Crippen molar-refractivity contribution in [3.63, 3.8) is 0 Å². The Labute approximate surface area is 122 Å². The number of benzene rings is 2. The molecule has 106 valence electrons. The molecule has 3 rings (SSSR count). The predicted molar refractivity (Wildman–Crippen MR) is 83.0 cm³/mol. The molecule has 0 saturated carbocycles. The summed E-state index contributed by atoms with van der Waals surface area (Å²) in [7, 11) is 0. The van der Waals surface area contributed by atoms with E-state index >= 15 is 0 Å². The fourth-order valence-electron chi connectivity index (χ4n) is 2.48. The highest BCUT2D eigenvalue weighted by Gasteiger charge is 2.15. The molecule has 4 heteroatoms. The number of rotatable bonds is 4. The number of fused-ring (bicyclic) bond motifs is 1. The molecule has 1 atom stereocenters. The van der Waals surface area contributed by atoms with Crippen LogP contribution in [0.3, 0.4) is 0 Å². The van der Waals surface area contributed by atoms with Crippen LogP contribution in [0.1, 0.15) is 5.56 Å². The topological polar surface area (TPSA) is 79.1 Å². The summed E-state index contributed by atoms with van der Waals surface area (Å²) in [5.74, 6) is -0.983. The summed E-state index contributed by atoms with van der Waals surface area (Å²) in [6, 6.07) is 15.3. The molecule has 2 aromatic carbocycles. The van der Waals surface area contributed by atoms with Gasteiger partial charge < -0.3 is 15.8 Å². The van der Waals surface area contributed by atoms with Gasteiger partial charge >= 0.3 is 5.97 Å². The van der Waals surface area contributed by atoms with Gasteiger partial charge in [0.1, 0.15) is 6.04 Å². The van der Waals surface area contributed by atoms with Crippen molar-refractivity contribution < 1.29 is 9.90 Å². The van der Waals surface area contributed by atoms with Gasteiger partial charge in [-0.05, 0) is 28.8 Å². The highest BCUT2D eigenvalue weighted by atomic mass is 16.4. The van der Waals surface area contributed by atoms with Crippen molar-refractivity contribution >= 4 is 16.9 Å². The van der Waals surface area contributed by atoms with Gasteiger partial charge in [0.15, 0.2) is 0 Å². The molecule has 21 heavy (non-hydrogen) atoms. The molecule has 0 amide bonds. The zero-order chi connectivity index (χ0) is 14.8. The second kappa shape index (κ2) is 5.42. The molecule has 0 spiro atoms. The molecule has 0 aliphatic rings. The summed E-state index contributed by atoms with van der Waals surface area (Å²) in [5.41, 5.74) is 9.79. The average Bonchev–Trinajstić information content (AvgIpc) is 2.90. The van der Waals surface area contributed by atoms with Gasteiger partial charge in [0.2, 0.25) is 0 Å². The molecule has 4 nitrogen and oxygen atoms in total. The number of aliphatic carboxylic acids is 1. The molecule has 0 bridgehead atoms. The highest BCUT2D eigenvalue weighted by Crippen LogP contribution is 2.26. The van der Waals surface area contributed by atoms with Gasteiger partial charge in [-0.2, -0.15) is 0 Å². The quantitative estimate of drug-likeness (QED) is 0.687. The summed E-state index contributed by atoms with van der Waals surface area (Å²) in [5, 5.41) is 9.97. The number of carbonyl (C=O) groups is 1. The fourth-order valence-corrected chi connectivity index (χ4v) is 2.48. The SMILES string of the molecule is NC(Cc1c[nH]c2ccc(-c3ccccc3)cc12)C(=O)O. The lowest BCUT2D eigenvalue weighted by Gasteiger charge is -2.06. The number of H-pyrrole nitrogens is 1. The summed E-state index contributed by atoms with van der Waals surface area (Å²) in [6.07, 6.45) is 2.15. The van der Waals surface area contributed by atoms with Crippen LogP contribution in [0.15, 0.2) is 54.7 Å². The van der Waals surface area contributed by atoms with Gasteiger partial charge in [0.05, 0.1) is 0 Å². The first-order valence-electron chi connectivity index (χ1n) is 6.79. The van der Waals surface area contributed by atoms with Gasteiger partial charge in [-0.1, -0.05) is 36.4 Å². The maximum absolute atomic E-state index is 10.9. The maximum Gasteiger partial charge on any atom is 0.320 e. The standard InChI is InChI=1S/C17H16N2O2/c18-15(17(20)21)9-13-10-19-16-7-6-12(8-14(13)16)11-4-2-1-3-5-11/h1-8,10,15,19H,9,18H2,(H,20,21). The van der Waals surface area contributed by atoms with E-state index in [1.807, 2.05) is 30.5 Å². The molecule has 1 unspecified atom stereocenters. The molecule has 0 saturated heterocycles. The Bertz CT molecular complexity index is 778. The third-order valence-corrected chi connectivity index (χ3v) is 3.63. The third-order valence-electron chi connectivity index (χ3n) is 3.63. The van der Waals surface area contributed by atoms with Crippen molar-refractivity contribution in [1.29, 1.82) is 0 Å². The van der Waals surface area contributed by atoms with Crippen LogP contribution in [0.25, 0.3) is 22.0 Å². The molecule has 1 heterocycles. The number of nitrogens with two attached hydrogens (primary N) is 1. The van der Waals surface area contributed by atoms with Crippen LogP contribution in [0.2, 0.25) is 0 Å². The van der Waals surface area contributed by atoms with E-state index in [-0.39, 0.29) is 0 Å². The fraction of sp³-hybridized carbons (Fsp3) is 0.118. The van der Waals surface area contributed by atoms with E-state index in [0.29, 0.717) is 6.42 Å². The lowest BCUT2D eigenvalue weighted by atomic mass is 10.0. The predicted octanol–water partition coefficient (Wildman–Crippen LogP) is 2.79. The molecule has 1 aromatic heterocycles. The zero-order valence-corrected chi connectivity index (χ0v) is 11.4. The number of carboxylic acids is 1. The Kier molecular flexibility index (Phi) is 3.46. The molecule has 0 fully saturated rings. The molecule has 0 radical (unpaired) electrons. The van der Waals surface area contributed by atoms with Crippen molar-refractivity contribution in [2.24, 2.45) is 5.73 Å². The van der Waals surface area contributed by atoms with Crippen molar-refractivity contribution in [1.82, 2.24) is 4.98 Å². The molecule has 0 aliphatic heterocycles. The normalized spacial score (nSPS) is 12.4. The van der Waals surface area contributed by atoms with Gasteiger partial charge in [0.25, 0.3) is 0 Å². The number of hydrogen-bond donors (Lipinski definition) is 3. The van der Waals surface area contributed by atoms with Crippen LogP contribution in [0.4, 0.5) is 0 Å².